The lowest BCUT2D eigenvalue weighted by molar-refractivity contribution is -0.138. The Morgan fingerprint density at radius 3 is 2.48 bits per heavy atom. The molecule has 1 heterocycles. The van der Waals surface area contributed by atoms with Gasteiger partial charge in [0.2, 0.25) is 10.0 Å². The van der Waals surface area contributed by atoms with Gasteiger partial charge in [-0.3, -0.25) is 4.79 Å². The summed E-state index contributed by atoms with van der Waals surface area (Å²) in [7, 11) is -3.60. The van der Waals surface area contributed by atoms with E-state index in [1.807, 2.05) is 19.1 Å². The Morgan fingerprint density at radius 1 is 1.19 bits per heavy atom. The summed E-state index contributed by atoms with van der Waals surface area (Å²) in [5.41, 5.74) is 0.749. The van der Waals surface area contributed by atoms with Crippen LogP contribution < -0.4 is 14.8 Å². The number of hydrogen-bond donors (Lipinski definition) is 3. The first-order valence-electron chi connectivity index (χ1n) is 11.0. The minimum Gasteiger partial charge on any atom is -0.494 e. The third-order valence-electron chi connectivity index (χ3n) is 5.48. The Kier molecular flexibility index (Phi) is 13.1. The van der Waals surface area contributed by atoms with E-state index in [1.54, 1.807) is 12.1 Å². The SMILES string of the molecule is CCCCS(=O)(=O)N[C@H](Cc1ccc(OCCCCC2CCNCC2)cc1)C(=O)O.Cl. The van der Waals surface area contributed by atoms with Crippen LogP contribution in [0, 0.1) is 5.92 Å². The van der Waals surface area contributed by atoms with Crippen LogP contribution in [0.3, 0.4) is 0 Å². The number of rotatable bonds is 14. The van der Waals surface area contributed by atoms with Crippen molar-refractivity contribution in [2.24, 2.45) is 5.92 Å². The Hall–Kier alpha value is -1.35. The van der Waals surface area contributed by atoms with Crippen molar-refractivity contribution in [1.82, 2.24) is 10.0 Å². The molecule has 1 fully saturated rings. The van der Waals surface area contributed by atoms with Crippen LogP contribution in [-0.4, -0.2) is 51.0 Å². The van der Waals surface area contributed by atoms with E-state index >= 15 is 0 Å². The summed E-state index contributed by atoms with van der Waals surface area (Å²) in [6.45, 7) is 4.83. The number of halogens is 1. The molecule has 1 aliphatic heterocycles. The van der Waals surface area contributed by atoms with Crippen LogP contribution in [0.5, 0.6) is 5.75 Å². The highest BCUT2D eigenvalue weighted by atomic mass is 35.5. The molecule has 1 atom stereocenters. The fraction of sp³-hybridized carbons (Fsp3) is 0.682. The summed E-state index contributed by atoms with van der Waals surface area (Å²) < 4.78 is 32.1. The zero-order valence-electron chi connectivity index (χ0n) is 18.3. The van der Waals surface area contributed by atoms with E-state index in [1.165, 1.54) is 25.7 Å². The van der Waals surface area contributed by atoms with Crippen molar-refractivity contribution in [2.45, 2.75) is 64.3 Å². The largest absolute Gasteiger partial charge is 0.494 e. The Bertz CT molecular complexity index is 737. The molecule has 1 aromatic carbocycles. The Balaban J connectivity index is 0.00000480. The Morgan fingerprint density at radius 2 is 1.87 bits per heavy atom. The second-order valence-corrected chi connectivity index (χ2v) is 9.94. The van der Waals surface area contributed by atoms with Crippen LogP contribution in [0.15, 0.2) is 24.3 Å². The van der Waals surface area contributed by atoms with Crippen LogP contribution in [-0.2, 0) is 21.2 Å². The van der Waals surface area contributed by atoms with Gasteiger partial charge < -0.3 is 15.2 Å². The van der Waals surface area contributed by atoms with Crippen molar-refractivity contribution in [2.75, 3.05) is 25.4 Å². The van der Waals surface area contributed by atoms with Gasteiger partial charge in [-0.1, -0.05) is 31.9 Å². The zero-order chi connectivity index (χ0) is 21.8. The highest BCUT2D eigenvalue weighted by Crippen LogP contribution is 2.19. The van der Waals surface area contributed by atoms with Gasteiger partial charge in [0, 0.05) is 0 Å². The smallest absolute Gasteiger partial charge is 0.322 e. The van der Waals surface area contributed by atoms with E-state index in [9.17, 15) is 18.3 Å². The first kappa shape index (κ1) is 27.7. The topological polar surface area (TPSA) is 105 Å². The monoisotopic (exact) mass is 476 g/mol. The average molecular weight is 477 g/mol. The van der Waals surface area contributed by atoms with Gasteiger partial charge in [0.15, 0.2) is 0 Å². The minimum absolute atomic E-state index is 0. The second kappa shape index (κ2) is 14.7. The van der Waals surface area contributed by atoms with Crippen molar-refractivity contribution in [3.8, 4) is 5.75 Å². The van der Waals surface area contributed by atoms with Gasteiger partial charge in [-0.2, -0.15) is 0 Å². The van der Waals surface area contributed by atoms with E-state index in [2.05, 4.69) is 10.0 Å². The summed E-state index contributed by atoms with van der Waals surface area (Å²) in [6.07, 6.45) is 7.33. The molecule has 1 saturated heterocycles. The van der Waals surface area contributed by atoms with E-state index in [0.717, 1.165) is 43.2 Å². The summed E-state index contributed by atoms with van der Waals surface area (Å²) in [4.78, 5) is 11.5. The molecule has 0 unspecified atom stereocenters. The number of carboxylic acid groups (broad SMARTS) is 1. The maximum absolute atomic E-state index is 12.0. The number of aliphatic carboxylic acids is 1. The van der Waals surface area contributed by atoms with E-state index < -0.39 is 22.0 Å². The van der Waals surface area contributed by atoms with Gasteiger partial charge in [0.25, 0.3) is 0 Å². The summed E-state index contributed by atoms with van der Waals surface area (Å²) in [5, 5.41) is 12.8. The Labute approximate surface area is 192 Å². The number of hydrogen-bond acceptors (Lipinski definition) is 5. The molecule has 0 aliphatic carbocycles. The third kappa shape index (κ3) is 11.2. The van der Waals surface area contributed by atoms with Gasteiger partial charge in [-0.25, -0.2) is 13.1 Å². The minimum atomic E-state index is -3.60. The van der Waals surface area contributed by atoms with Gasteiger partial charge >= 0.3 is 5.97 Å². The molecule has 9 heteroatoms. The molecule has 1 aliphatic rings. The number of carboxylic acids is 1. The van der Waals surface area contributed by atoms with Gasteiger partial charge in [-0.15, -0.1) is 12.4 Å². The number of piperidine rings is 1. The molecular formula is C22H37ClN2O5S. The second-order valence-electron chi connectivity index (χ2n) is 8.07. The number of unbranched alkanes of at least 4 members (excludes halogenated alkanes) is 2. The molecule has 0 aromatic heterocycles. The number of benzene rings is 1. The fourth-order valence-electron chi connectivity index (χ4n) is 3.64. The van der Waals surface area contributed by atoms with Crippen molar-refractivity contribution in [3.63, 3.8) is 0 Å². The molecule has 2 rings (SSSR count). The third-order valence-corrected chi connectivity index (χ3v) is 6.95. The molecule has 31 heavy (non-hydrogen) atoms. The molecule has 178 valence electrons. The maximum atomic E-state index is 12.0. The fourth-order valence-corrected chi connectivity index (χ4v) is 5.05. The van der Waals surface area contributed by atoms with Crippen LogP contribution in [0.25, 0.3) is 0 Å². The van der Waals surface area contributed by atoms with Gasteiger partial charge in [0.05, 0.1) is 12.4 Å². The van der Waals surface area contributed by atoms with Crippen molar-refractivity contribution in [3.05, 3.63) is 29.8 Å². The normalized spacial score (nSPS) is 15.8. The summed E-state index contributed by atoms with van der Waals surface area (Å²) in [5.74, 6) is 0.352. The molecule has 0 bridgehead atoms. The van der Waals surface area contributed by atoms with Crippen LogP contribution in [0.4, 0.5) is 0 Å². The first-order chi connectivity index (χ1) is 14.4. The molecule has 7 nitrogen and oxygen atoms in total. The standard InChI is InChI=1S/C22H36N2O5S.ClH/c1-2-3-16-30(27,28)24-21(22(25)26)17-19-7-9-20(10-8-19)29-15-5-4-6-18-11-13-23-14-12-18;/h7-10,18,21,23-24H,2-6,11-17H2,1H3,(H,25,26);1H/t21-;/m1./s1. The lowest BCUT2D eigenvalue weighted by Gasteiger charge is -2.22. The average Bonchev–Trinajstić information content (AvgIpc) is 2.73. The maximum Gasteiger partial charge on any atom is 0.322 e. The first-order valence-corrected chi connectivity index (χ1v) is 12.7. The molecule has 0 radical (unpaired) electrons. The lowest BCUT2D eigenvalue weighted by atomic mass is 9.93. The number of nitrogens with one attached hydrogen (secondary N) is 2. The van der Waals surface area contributed by atoms with Crippen molar-refractivity contribution >= 4 is 28.4 Å². The van der Waals surface area contributed by atoms with Crippen LogP contribution in [0.2, 0.25) is 0 Å². The van der Waals surface area contributed by atoms with E-state index in [0.29, 0.717) is 13.0 Å². The molecule has 0 saturated carbocycles. The summed E-state index contributed by atoms with van der Waals surface area (Å²) >= 11 is 0. The molecular weight excluding hydrogens is 440 g/mol. The summed E-state index contributed by atoms with van der Waals surface area (Å²) in [6, 6.07) is 6.04. The predicted octanol–water partition coefficient (Wildman–Crippen LogP) is 3.37. The highest BCUT2D eigenvalue weighted by molar-refractivity contribution is 7.89. The number of carbonyl (C=O) groups is 1. The highest BCUT2D eigenvalue weighted by Gasteiger charge is 2.24. The molecule has 3 N–H and O–H groups in total. The molecule has 0 spiro atoms. The van der Waals surface area contributed by atoms with Gasteiger partial charge in [0.1, 0.15) is 11.8 Å². The van der Waals surface area contributed by atoms with E-state index in [4.69, 9.17) is 4.74 Å². The molecule has 1 aromatic rings. The number of sulfonamides is 1. The van der Waals surface area contributed by atoms with Gasteiger partial charge in [-0.05, 0) is 75.2 Å². The number of ether oxygens (including phenoxy) is 1. The zero-order valence-corrected chi connectivity index (χ0v) is 20.0. The van der Waals surface area contributed by atoms with Crippen LogP contribution in [0.1, 0.15) is 57.4 Å². The van der Waals surface area contributed by atoms with Crippen molar-refractivity contribution in [1.29, 1.82) is 0 Å². The van der Waals surface area contributed by atoms with Crippen molar-refractivity contribution < 1.29 is 23.1 Å². The predicted molar refractivity (Wildman–Crippen MR) is 126 cm³/mol. The lowest BCUT2D eigenvalue weighted by Crippen LogP contribution is -2.43. The van der Waals surface area contributed by atoms with Crippen LogP contribution >= 0.6 is 12.4 Å². The quantitative estimate of drug-likeness (QED) is 0.355. The molecule has 0 amide bonds. The van der Waals surface area contributed by atoms with E-state index in [-0.39, 0.29) is 24.6 Å².